The third-order valence-corrected chi connectivity index (χ3v) is 8.70. The summed E-state index contributed by atoms with van der Waals surface area (Å²) < 4.78 is 29.8. The molecular weight excluding hydrogens is 470 g/mol. The maximum absolute atomic E-state index is 14.1. The van der Waals surface area contributed by atoms with Crippen LogP contribution in [0.1, 0.15) is 35.2 Å². The van der Waals surface area contributed by atoms with Gasteiger partial charge >= 0.3 is 0 Å². The van der Waals surface area contributed by atoms with Crippen LogP contribution >= 0.6 is 0 Å². The fourth-order valence-corrected chi connectivity index (χ4v) is 6.58. The molecule has 0 saturated carbocycles. The lowest BCUT2D eigenvalue weighted by Gasteiger charge is -2.36. The van der Waals surface area contributed by atoms with Crippen molar-refractivity contribution in [2.45, 2.75) is 36.9 Å². The molecule has 0 saturated heterocycles. The summed E-state index contributed by atoms with van der Waals surface area (Å²) in [6.07, 6.45) is 3.49. The molecule has 0 fully saturated rings. The molecule has 8 heteroatoms. The van der Waals surface area contributed by atoms with Gasteiger partial charge in [0.1, 0.15) is 0 Å². The number of benzene rings is 3. The largest absolute Gasteiger partial charge is 0.364 e. The predicted octanol–water partition coefficient (Wildman–Crippen LogP) is 4.66. The first-order chi connectivity index (χ1) is 17.5. The van der Waals surface area contributed by atoms with E-state index in [1.165, 1.54) is 0 Å². The van der Waals surface area contributed by atoms with Crippen LogP contribution in [0.4, 0.5) is 5.69 Å². The monoisotopic (exact) mass is 497 g/mol. The molecule has 0 spiro atoms. The molecule has 7 nitrogen and oxygen atoms in total. The minimum absolute atomic E-state index is 0.0869. The Kier molecular flexibility index (Phi) is 6.59. The maximum atomic E-state index is 14.1. The number of sulfonamides is 1. The number of imidazole rings is 1. The standard InChI is InChI=1S/C28H27N5O2S/c1-21(23-8-4-2-5-9-23)28-19-32(18-25-16-30-20-31-25)27-13-12-22(15-29)14-24(27)17-33(28)36(34,35)26-10-6-3-7-11-26/h2-14,16,20-21,28H,17-19H2,1H3,(H,30,31)/t21-,28+/m0/s1. The smallest absolute Gasteiger partial charge is 0.243 e. The van der Waals surface area contributed by atoms with Crippen LogP contribution in [-0.2, 0) is 23.1 Å². The molecule has 2 atom stereocenters. The molecule has 3 aromatic carbocycles. The number of nitrogens with zero attached hydrogens (tertiary/aromatic N) is 4. The first-order valence-corrected chi connectivity index (χ1v) is 13.3. The third-order valence-electron chi connectivity index (χ3n) is 6.81. The zero-order chi connectivity index (χ0) is 25.1. The van der Waals surface area contributed by atoms with Gasteiger partial charge in [-0.1, -0.05) is 55.5 Å². The van der Waals surface area contributed by atoms with Gasteiger partial charge in [0.15, 0.2) is 0 Å². The molecule has 0 bridgehead atoms. The van der Waals surface area contributed by atoms with Crippen molar-refractivity contribution in [1.29, 1.82) is 5.26 Å². The molecule has 5 rings (SSSR count). The molecule has 0 unspecified atom stereocenters. The number of aromatic amines is 1. The van der Waals surface area contributed by atoms with Gasteiger partial charge in [-0.25, -0.2) is 13.4 Å². The number of H-pyrrole nitrogens is 1. The number of hydrogen-bond acceptors (Lipinski definition) is 5. The van der Waals surface area contributed by atoms with Gasteiger partial charge in [-0.15, -0.1) is 0 Å². The van der Waals surface area contributed by atoms with E-state index in [2.05, 4.69) is 27.9 Å². The average molecular weight is 498 g/mol. The second-order valence-corrected chi connectivity index (χ2v) is 10.9. The molecule has 2 heterocycles. The summed E-state index contributed by atoms with van der Waals surface area (Å²) in [5.41, 5.74) is 4.13. The van der Waals surface area contributed by atoms with Crippen molar-refractivity contribution in [2.24, 2.45) is 0 Å². The molecule has 1 aromatic heterocycles. The van der Waals surface area contributed by atoms with Gasteiger partial charge in [0.05, 0.1) is 35.1 Å². The maximum Gasteiger partial charge on any atom is 0.243 e. The van der Waals surface area contributed by atoms with E-state index in [0.717, 1.165) is 22.5 Å². The van der Waals surface area contributed by atoms with Crippen LogP contribution in [0.2, 0.25) is 0 Å². The van der Waals surface area contributed by atoms with Gasteiger partial charge in [-0.3, -0.25) is 0 Å². The highest BCUT2D eigenvalue weighted by Gasteiger charge is 2.39. The molecule has 4 aromatic rings. The van der Waals surface area contributed by atoms with E-state index in [0.29, 0.717) is 18.7 Å². The summed E-state index contributed by atoms with van der Waals surface area (Å²) in [5.74, 6) is -0.0869. The summed E-state index contributed by atoms with van der Waals surface area (Å²) in [6.45, 7) is 3.23. The second-order valence-electron chi connectivity index (χ2n) is 9.03. The second kappa shape index (κ2) is 9.97. The van der Waals surface area contributed by atoms with Crippen molar-refractivity contribution in [3.8, 4) is 6.07 Å². The highest BCUT2D eigenvalue weighted by atomic mass is 32.2. The molecule has 0 amide bonds. The molecule has 0 radical (unpaired) electrons. The molecule has 182 valence electrons. The highest BCUT2D eigenvalue weighted by Crippen LogP contribution is 2.37. The van der Waals surface area contributed by atoms with E-state index >= 15 is 0 Å². The molecule has 1 N–H and O–H groups in total. The number of fused-ring (bicyclic) bond motifs is 1. The van der Waals surface area contributed by atoms with E-state index in [-0.39, 0.29) is 23.4 Å². The Morgan fingerprint density at radius 1 is 1.08 bits per heavy atom. The SMILES string of the molecule is C[C@@H](c1ccccc1)[C@H]1CN(Cc2c[nH]cn2)c2ccc(C#N)cc2CN1S(=O)(=O)c1ccccc1. The van der Waals surface area contributed by atoms with Gasteiger partial charge in [0.25, 0.3) is 0 Å². The Labute approximate surface area is 211 Å². The van der Waals surface area contributed by atoms with Gasteiger partial charge in [-0.2, -0.15) is 9.57 Å². The number of aromatic nitrogens is 2. The Hall–Kier alpha value is -3.93. The fourth-order valence-electron chi connectivity index (χ4n) is 4.89. The third kappa shape index (κ3) is 4.63. The Balaban J connectivity index is 1.66. The average Bonchev–Trinajstić information content (AvgIpc) is 3.37. The summed E-state index contributed by atoms with van der Waals surface area (Å²) in [7, 11) is -3.83. The Morgan fingerprint density at radius 2 is 1.81 bits per heavy atom. The number of nitriles is 1. The molecule has 1 aliphatic heterocycles. The quantitative estimate of drug-likeness (QED) is 0.418. The fraction of sp³-hybridized carbons (Fsp3) is 0.214. The van der Waals surface area contributed by atoms with Gasteiger partial charge < -0.3 is 9.88 Å². The summed E-state index contributed by atoms with van der Waals surface area (Å²) >= 11 is 0. The van der Waals surface area contributed by atoms with Crippen molar-refractivity contribution in [3.63, 3.8) is 0 Å². The van der Waals surface area contributed by atoms with Crippen LogP contribution < -0.4 is 4.90 Å². The molecular formula is C28H27N5O2S. The van der Waals surface area contributed by atoms with Crippen LogP contribution in [0.25, 0.3) is 0 Å². The van der Waals surface area contributed by atoms with E-state index in [1.807, 2.05) is 48.7 Å². The van der Waals surface area contributed by atoms with Crippen LogP contribution in [0.3, 0.4) is 0 Å². The summed E-state index contributed by atoms with van der Waals surface area (Å²) in [6, 6.07) is 25.9. The minimum atomic E-state index is -3.83. The lowest BCUT2D eigenvalue weighted by Crippen LogP contribution is -2.47. The number of nitrogens with one attached hydrogen (secondary N) is 1. The van der Waals surface area contributed by atoms with E-state index in [9.17, 15) is 13.7 Å². The Bertz CT molecular complexity index is 1470. The van der Waals surface area contributed by atoms with Crippen molar-refractivity contribution < 1.29 is 8.42 Å². The van der Waals surface area contributed by atoms with Crippen molar-refractivity contribution >= 4 is 15.7 Å². The number of hydrogen-bond donors (Lipinski definition) is 1. The first-order valence-electron chi connectivity index (χ1n) is 11.8. The number of anilines is 1. The summed E-state index contributed by atoms with van der Waals surface area (Å²) in [4.78, 5) is 9.85. The highest BCUT2D eigenvalue weighted by molar-refractivity contribution is 7.89. The lowest BCUT2D eigenvalue weighted by molar-refractivity contribution is 0.288. The van der Waals surface area contributed by atoms with E-state index < -0.39 is 10.0 Å². The molecule has 1 aliphatic rings. The van der Waals surface area contributed by atoms with Crippen LogP contribution in [0.5, 0.6) is 0 Å². The zero-order valence-corrected chi connectivity index (χ0v) is 20.8. The summed E-state index contributed by atoms with van der Waals surface area (Å²) in [5, 5.41) is 9.57. The lowest BCUT2D eigenvalue weighted by atomic mass is 9.93. The normalized spacial score (nSPS) is 17.1. The predicted molar refractivity (Wildman–Crippen MR) is 139 cm³/mol. The van der Waals surface area contributed by atoms with Crippen molar-refractivity contribution in [3.05, 3.63) is 114 Å². The van der Waals surface area contributed by atoms with Crippen molar-refractivity contribution in [1.82, 2.24) is 14.3 Å². The van der Waals surface area contributed by atoms with Gasteiger partial charge in [-0.05, 0) is 47.4 Å². The van der Waals surface area contributed by atoms with E-state index in [1.54, 1.807) is 47.0 Å². The van der Waals surface area contributed by atoms with Gasteiger partial charge in [0.2, 0.25) is 10.0 Å². The molecule has 0 aliphatic carbocycles. The minimum Gasteiger partial charge on any atom is -0.364 e. The zero-order valence-electron chi connectivity index (χ0n) is 19.9. The first kappa shape index (κ1) is 23.8. The van der Waals surface area contributed by atoms with Crippen LogP contribution in [-0.4, -0.2) is 35.3 Å². The molecule has 36 heavy (non-hydrogen) atoms. The van der Waals surface area contributed by atoms with E-state index in [4.69, 9.17) is 0 Å². The number of rotatable bonds is 6. The Morgan fingerprint density at radius 3 is 2.47 bits per heavy atom. The van der Waals surface area contributed by atoms with Crippen LogP contribution in [0.15, 0.2) is 96.3 Å². The topological polar surface area (TPSA) is 93.1 Å². The van der Waals surface area contributed by atoms with Gasteiger partial charge in [0, 0.05) is 31.0 Å². The van der Waals surface area contributed by atoms with Crippen LogP contribution in [0, 0.1) is 11.3 Å². The van der Waals surface area contributed by atoms with Crippen molar-refractivity contribution in [2.75, 3.05) is 11.4 Å².